The van der Waals surface area contributed by atoms with Crippen LogP contribution in [0.2, 0.25) is 0 Å². The van der Waals surface area contributed by atoms with Crippen LogP contribution in [-0.2, 0) is 0 Å². The van der Waals surface area contributed by atoms with E-state index in [1.165, 1.54) is 37.9 Å². The summed E-state index contributed by atoms with van der Waals surface area (Å²) < 4.78 is 0. The molecule has 1 aliphatic heterocycles. The highest BCUT2D eigenvalue weighted by Crippen LogP contribution is 2.31. The van der Waals surface area contributed by atoms with Crippen LogP contribution in [0.1, 0.15) is 37.3 Å². The molecule has 1 unspecified atom stereocenters. The first-order valence-corrected chi connectivity index (χ1v) is 6.26. The summed E-state index contributed by atoms with van der Waals surface area (Å²) >= 11 is 0. The standard InChI is InChI=1S/C13H21N3/c14-7-1-2-9-16-10-4-6-13(16)12-5-3-8-15-11-12/h3,5,8,11,13H,1-2,4,6-7,9-10,14H2. The molecule has 3 nitrogen and oxygen atoms in total. The number of likely N-dealkylation sites (tertiary alicyclic amines) is 1. The molecule has 0 aromatic carbocycles. The minimum atomic E-state index is 0.589. The van der Waals surface area contributed by atoms with Gasteiger partial charge in [0.2, 0.25) is 0 Å². The molecule has 1 saturated heterocycles. The molecule has 0 spiro atoms. The maximum Gasteiger partial charge on any atom is 0.0363 e. The molecule has 1 aromatic rings. The topological polar surface area (TPSA) is 42.1 Å². The Balaban J connectivity index is 1.93. The quantitative estimate of drug-likeness (QED) is 0.770. The predicted molar refractivity (Wildman–Crippen MR) is 66.1 cm³/mol. The molecule has 88 valence electrons. The smallest absolute Gasteiger partial charge is 0.0363 e. The number of nitrogens with zero attached hydrogens (tertiary/aromatic N) is 2. The van der Waals surface area contributed by atoms with Crippen molar-refractivity contribution in [1.82, 2.24) is 9.88 Å². The van der Waals surface area contributed by atoms with Gasteiger partial charge in [-0.25, -0.2) is 0 Å². The number of hydrogen-bond acceptors (Lipinski definition) is 3. The van der Waals surface area contributed by atoms with Crippen LogP contribution in [-0.4, -0.2) is 29.5 Å². The lowest BCUT2D eigenvalue weighted by Crippen LogP contribution is -2.24. The highest BCUT2D eigenvalue weighted by molar-refractivity contribution is 5.15. The molecule has 2 heterocycles. The first-order chi connectivity index (χ1) is 7.92. The zero-order chi connectivity index (χ0) is 11.2. The third kappa shape index (κ3) is 2.80. The van der Waals surface area contributed by atoms with Gasteiger partial charge in [0, 0.05) is 18.4 Å². The van der Waals surface area contributed by atoms with Crippen LogP contribution in [0.15, 0.2) is 24.5 Å². The van der Waals surface area contributed by atoms with Gasteiger partial charge in [0.1, 0.15) is 0 Å². The van der Waals surface area contributed by atoms with Crippen LogP contribution < -0.4 is 5.73 Å². The summed E-state index contributed by atoms with van der Waals surface area (Å²) in [6.45, 7) is 3.21. The van der Waals surface area contributed by atoms with Crippen molar-refractivity contribution in [1.29, 1.82) is 0 Å². The molecule has 1 atom stereocenters. The van der Waals surface area contributed by atoms with E-state index in [4.69, 9.17) is 5.73 Å². The van der Waals surface area contributed by atoms with E-state index < -0.39 is 0 Å². The van der Waals surface area contributed by atoms with Crippen molar-refractivity contribution in [2.75, 3.05) is 19.6 Å². The van der Waals surface area contributed by atoms with Crippen LogP contribution in [0.3, 0.4) is 0 Å². The Bertz CT molecular complexity index is 299. The van der Waals surface area contributed by atoms with Gasteiger partial charge in [0.15, 0.2) is 0 Å². The van der Waals surface area contributed by atoms with Gasteiger partial charge in [-0.15, -0.1) is 0 Å². The van der Waals surface area contributed by atoms with Crippen molar-refractivity contribution < 1.29 is 0 Å². The SMILES string of the molecule is NCCCCN1CCCC1c1cccnc1. The maximum absolute atomic E-state index is 5.53. The van der Waals surface area contributed by atoms with Gasteiger partial charge >= 0.3 is 0 Å². The molecule has 3 heteroatoms. The van der Waals surface area contributed by atoms with Crippen molar-refractivity contribution in [2.45, 2.75) is 31.7 Å². The number of rotatable bonds is 5. The van der Waals surface area contributed by atoms with E-state index in [2.05, 4.69) is 16.0 Å². The molecular weight excluding hydrogens is 198 g/mol. The van der Waals surface area contributed by atoms with Crippen molar-refractivity contribution in [3.05, 3.63) is 30.1 Å². The Hall–Kier alpha value is -0.930. The number of nitrogens with two attached hydrogens (primary N) is 1. The second kappa shape index (κ2) is 5.97. The van der Waals surface area contributed by atoms with E-state index in [9.17, 15) is 0 Å². The fraction of sp³-hybridized carbons (Fsp3) is 0.615. The molecule has 1 aromatic heterocycles. The van der Waals surface area contributed by atoms with E-state index in [0.29, 0.717) is 6.04 Å². The first kappa shape index (κ1) is 11.6. The summed E-state index contributed by atoms with van der Waals surface area (Å²) in [6, 6.07) is 4.82. The summed E-state index contributed by atoms with van der Waals surface area (Å²) in [6.07, 6.45) is 8.78. The molecule has 0 aliphatic carbocycles. The molecule has 0 bridgehead atoms. The average molecular weight is 219 g/mol. The van der Waals surface area contributed by atoms with Crippen LogP contribution in [0, 0.1) is 0 Å². The van der Waals surface area contributed by atoms with Crippen LogP contribution in [0.4, 0.5) is 0 Å². The maximum atomic E-state index is 5.53. The summed E-state index contributed by atoms with van der Waals surface area (Å²) in [5.74, 6) is 0. The number of unbranched alkanes of at least 4 members (excludes halogenated alkanes) is 1. The Kier molecular flexibility index (Phi) is 4.31. The summed E-state index contributed by atoms with van der Waals surface area (Å²) in [4.78, 5) is 6.79. The largest absolute Gasteiger partial charge is 0.330 e. The Morgan fingerprint density at radius 3 is 3.12 bits per heavy atom. The zero-order valence-corrected chi connectivity index (χ0v) is 9.81. The van der Waals surface area contributed by atoms with E-state index in [1.807, 2.05) is 18.5 Å². The minimum absolute atomic E-state index is 0.589. The third-order valence-electron chi connectivity index (χ3n) is 3.33. The van der Waals surface area contributed by atoms with Gasteiger partial charge in [0.05, 0.1) is 0 Å². The van der Waals surface area contributed by atoms with Crippen molar-refractivity contribution in [2.24, 2.45) is 5.73 Å². The third-order valence-corrected chi connectivity index (χ3v) is 3.33. The van der Waals surface area contributed by atoms with E-state index in [0.717, 1.165) is 13.0 Å². The van der Waals surface area contributed by atoms with Gasteiger partial charge in [-0.05, 0) is 56.9 Å². The molecule has 2 rings (SSSR count). The number of hydrogen-bond donors (Lipinski definition) is 1. The zero-order valence-electron chi connectivity index (χ0n) is 9.81. The molecule has 1 fully saturated rings. The highest BCUT2D eigenvalue weighted by Gasteiger charge is 2.25. The Morgan fingerprint density at radius 2 is 2.38 bits per heavy atom. The van der Waals surface area contributed by atoms with Gasteiger partial charge in [-0.2, -0.15) is 0 Å². The fourth-order valence-corrected chi connectivity index (χ4v) is 2.50. The lowest BCUT2D eigenvalue weighted by molar-refractivity contribution is 0.252. The van der Waals surface area contributed by atoms with E-state index >= 15 is 0 Å². The van der Waals surface area contributed by atoms with Crippen molar-refractivity contribution in [3.8, 4) is 0 Å². The number of pyridine rings is 1. The Labute approximate surface area is 97.7 Å². The minimum Gasteiger partial charge on any atom is -0.330 e. The normalized spacial score (nSPS) is 21.4. The van der Waals surface area contributed by atoms with Crippen LogP contribution >= 0.6 is 0 Å². The molecule has 1 aliphatic rings. The van der Waals surface area contributed by atoms with Gasteiger partial charge < -0.3 is 5.73 Å². The van der Waals surface area contributed by atoms with Gasteiger partial charge in [0.25, 0.3) is 0 Å². The molecular formula is C13H21N3. The fourth-order valence-electron chi connectivity index (χ4n) is 2.50. The summed E-state index contributed by atoms with van der Waals surface area (Å²) in [7, 11) is 0. The molecule has 16 heavy (non-hydrogen) atoms. The summed E-state index contributed by atoms with van der Waals surface area (Å²) in [5.41, 5.74) is 6.90. The van der Waals surface area contributed by atoms with E-state index in [-0.39, 0.29) is 0 Å². The van der Waals surface area contributed by atoms with Crippen molar-refractivity contribution in [3.63, 3.8) is 0 Å². The molecule has 0 saturated carbocycles. The second-order valence-corrected chi connectivity index (χ2v) is 4.48. The monoisotopic (exact) mass is 219 g/mol. The highest BCUT2D eigenvalue weighted by atomic mass is 15.2. The molecule has 2 N–H and O–H groups in total. The Morgan fingerprint density at radius 1 is 1.44 bits per heavy atom. The average Bonchev–Trinajstić information content (AvgIpc) is 2.79. The lowest BCUT2D eigenvalue weighted by atomic mass is 10.1. The van der Waals surface area contributed by atoms with Gasteiger partial charge in [-0.1, -0.05) is 6.07 Å². The van der Waals surface area contributed by atoms with Crippen LogP contribution in [0.5, 0.6) is 0 Å². The summed E-state index contributed by atoms with van der Waals surface area (Å²) in [5, 5.41) is 0. The molecule has 0 amide bonds. The second-order valence-electron chi connectivity index (χ2n) is 4.48. The van der Waals surface area contributed by atoms with Gasteiger partial charge in [-0.3, -0.25) is 9.88 Å². The van der Waals surface area contributed by atoms with E-state index in [1.54, 1.807) is 0 Å². The van der Waals surface area contributed by atoms with Crippen LogP contribution in [0.25, 0.3) is 0 Å². The lowest BCUT2D eigenvalue weighted by Gasteiger charge is -2.24. The number of aromatic nitrogens is 1. The first-order valence-electron chi connectivity index (χ1n) is 6.26. The molecule has 0 radical (unpaired) electrons. The predicted octanol–water partition coefficient (Wildman–Crippen LogP) is 1.96. The van der Waals surface area contributed by atoms with Crippen molar-refractivity contribution >= 4 is 0 Å².